The van der Waals surface area contributed by atoms with Crippen molar-refractivity contribution in [2.24, 2.45) is 11.0 Å². The number of hydrogen-bond donors (Lipinski definition) is 3. The minimum Gasteiger partial charge on any atom is -0.507 e. The Morgan fingerprint density at radius 1 is 1.28 bits per heavy atom. The Balaban J connectivity index is 1.72. The van der Waals surface area contributed by atoms with E-state index < -0.39 is 11.8 Å². The smallest absolute Gasteiger partial charge is 0.253 e. The second-order valence-electron chi connectivity index (χ2n) is 5.68. The van der Waals surface area contributed by atoms with Gasteiger partial charge in [-0.1, -0.05) is 41.9 Å². The predicted molar refractivity (Wildman–Crippen MR) is 94.5 cm³/mol. The molecule has 2 aromatic carbocycles. The molecule has 128 valence electrons. The fourth-order valence-electron chi connectivity index (χ4n) is 2.80. The maximum absolute atomic E-state index is 12.4. The van der Waals surface area contributed by atoms with Gasteiger partial charge in [-0.15, -0.1) is 0 Å². The topological polar surface area (TPSA) is 90.8 Å². The van der Waals surface area contributed by atoms with Crippen molar-refractivity contribution in [3.8, 4) is 5.75 Å². The van der Waals surface area contributed by atoms with Gasteiger partial charge in [0.2, 0.25) is 5.91 Å². The first-order valence-electron chi connectivity index (χ1n) is 7.70. The van der Waals surface area contributed by atoms with Crippen molar-refractivity contribution in [1.82, 2.24) is 10.7 Å². The van der Waals surface area contributed by atoms with Crippen LogP contribution in [0, 0.1) is 5.92 Å². The van der Waals surface area contributed by atoms with E-state index in [9.17, 15) is 14.7 Å². The number of nitrogens with one attached hydrogen (secondary N) is 2. The summed E-state index contributed by atoms with van der Waals surface area (Å²) in [6, 6.07) is 13.9. The maximum atomic E-state index is 12.4. The third-order valence-electron chi connectivity index (χ3n) is 4.06. The van der Waals surface area contributed by atoms with Gasteiger partial charge < -0.3 is 10.4 Å². The van der Waals surface area contributed by atoms with Crippen LogP contribution in [0.15, 0.2) is 53.6 Å². The zero-order valence-electron chi connectivity index (χ0n) is 13.1. The lowest BCUT2D eigenvalue weighted by molar-refractivity contribution is -0.133. The average Bonchev–Trinajstić information content (AvgIpc) is 3.00. The number of carbonyl (C=O) groups is 2. The van der Waals surface area contributed by atoms with E-state index in [4.69, 9.17) is 11.6 Å². The molecule has 2 amide bonds. The summed E-state index contributed by atoms with van der Waals surface area (Å²) in [5.74, 6) is -1.94. The number of phenols is 1. The molecule has 1 fully saturated rings. The first kappa shape index (κ1) is 17.0. The molecule has 2 aromatic rings. The van der Waals surface area contributed by atoms with Gasteiger partial charge in [-0.2, -0.15) is 5.10 Å². The molecular formula is C18H16ClN3O3. The minimum absolute atomic E-state index is 0.0110. The zero-order chi connectivity index (χ0) is 17.8. The highest BCUT2D eigenvalue weighted by Crippen LogP contribution is 2.29. The van der Waals surface area contributed by atoms with Crippen LogP contribution in [0.4, 0.5) is 0 Å². The Kier molecular flexibility index (Phi) is 5.00. The quantitative estimate of drug-likeness (QED) is 0.444. The molecule has 25 heavy (non-hydrogen) atoms. The molecule has 0 unspecified atom stereocenters. The fraction of sp³-hybridized carbons (Fsp3) is 0.167. The molecule has 6 nitrogen and oxygen atoms in total. The number of rotatable bonds is 4. The number of nitrogens with zero attached hydrogens (tertiary/aromatic N) is 1. The molecule has 0 saturated carbocycles. The van der Waals surface area contributed by atoms with E-state index in [0.717, 1.165) is 5.56 Å². The summed E-state index contributed by atoms with van der Waals surface area (Å²) in [7, 11) is 0. The molecule has 1 saturated heterocycles. The van der Waals surface area contributed by atoms with Crippen molar-refractivity contribution in [2.75, 3.05) is 6.54 Å². The van der Waals surface area contributed by atoms with Crippen molar-refractivity contribution in [3.05, 3.63) is 64.7 Å². The fourth-order valence-corrected chi connectivity index (χ4v) is 2.98. The average molecular weight is 358 g/mol. The Hall–Kier alpha value is -2.86. The molecule has 3 rings (SSSR count). The summed E-state index contributed by atoms with van der Waals surface area (Å²) in [6.07, 6.45) is 1.28. The van der Waals surface area contributed by atoms with E-state index in [0.29, 0.717) is 17.1 Å². The van der Waals surface area contributed by atoms with Crippen LogP contribution in [-0.4, -0.2) is 29.7 Å². The van der Waals surface area contributed by atoms with E-state index in [2.05, 4.69) is 15.8 Å². The lowest BCUT2D eigenvalue weighted by Crippen LogP contribution is -2.34. The van der Waals surface area contributed by atoms with Gasteiger partial charge in [-0.25, -0.2) is 5.43 Å². The van der Waals surface area contributed by atoms with Crippen molar-refractivity contribution in [1.29, 1.82) is 0 Å². The lowest BCUT2D eigenvalue weighted by Gasteiger charge is -2.15. The number of benzene rings is 2. The molecule has 0 aromatic heterocycles. The molecule has 0 spiro atoms. The summed E-state index contributed by atoms with van der Waals surface area (Å²) >= 11 is 5.85. The first-order chi connectivity index (χ1) is 12.1. The van der Waals surface area contributed by atoms with Crippen molar-refractivity contribution in [2.45, 2.75) is 5.92 Å². The molecule has 0 aliphatic carbocycles. The highest BCUT2D eigenvalue weighted by atomic mass is 35.5. The van der Waals surface area contributed by atoms with Gasteiger partial charge in [-0.05, 0) is 23.8 Å². The summed E-state index contributed by atoms with van der Waals surface area (Å²) < 4.78 is 0. The molecule has 2 atom stereocenters. The number of hydrazone groups is 1. The number of aromatic hydroxyl groups is 1. The van der Waals surface area contributed by atoms with E-state index in [-0.39, 0.29) is 17.6 Å². The molecular weight excluding hydrogens is 342 g/mol. The lowest BCUT2D eigenvalue weighted by atomic mass is 9.88. The van der Waals surface area contributed by atoms with Crippen molar-refractivity contribution >= 4 is 29.6 Å². The minimum atomic E-state index is -0.854. The predicted octanol–water partition coefficient (Wildman–Crippen LogP) is 2.03. The Morgan fingerprint density at radius 2 is 2.04 bits per heavy atom. The first-order valence-corrected chi connectivity index (χ1v) is 8.08. The second-order valence-corrected chi connectivity index (χ2v) is 6.11. The van der Waals surface area contributed by atoms with E-state index >= 15 is 0 Å². The molecule has 0 bridgehead atoms. The summed E-state index contributed by atoms with van der Waals surface area (Å²) in [6.45, 7) is 0.403. The number of amides is 2. The molecule has 1 aliphatic rings. The van der Waals surface area contributed by atoms with Gasteiger partial charge in [0.15, 0.2) is 0 Å². The standard InChI is InChI=1S/C18H16ClN3O3/c19-13-6-7-15(23)12(8-13)9-21-22-18(25)16-14(10-20-17(16)24)11-4-2-1-3-5-11/h1-9,14,16,23H,10H2,(H,20,24)(H,22,25)/b21-9+/t14-,16-/m0/s1. The van der Waals surface area contributed by atoms with Crippen LogP contribution in [-0.2, 0) is 9.59 Å². The third-order valence-corrected chi connectivity index (χ3v) is 4.29. The zero-order valence-corrected chi connectivity index (χ0v) is 13.9. The van der Waals surface area contributed by atoms with Crippen LogP contribution >= 0.6 is 11.6 Å². The summed E-state index contributed by atoms with van der Waals surface area (Å²) in [4.78, 5) is 24.5. The normalized spacial score (nSPS) is 19.8. The van der Waals surface area contributed by atoms with E-state index in [1.54, 1.807) is 6.07 Å². The highest BCUT2D eigenvalue weighted by molar-refractivity contribution is 6.30. The molecule has 0 radical (unpaired) electrons. The van der Waals surface area contributed by atoms with Crippen LogP contribution < -0.4 is 10.7 Å². The van der Waals surface area contributed by atoms with E-state index in [1.807, 2.05) is 30.3 Å². The van der Waals surface area contributed by atoms with Crippen LogP contribution in [0.2, 0.25) is 5.02 Å². The third kappa shape index (κ3) is 3.80. The maximum Gasteiger partial charge on any atom is 0.253 e. The van der Waals surface area contributed by atoms with Gasteiger partial charge in [0.05, 0.1) is 6.21 Å². The summed E-state index contributed by atoms with van der Waals surface area (Å²) in [5.41, 5.74) is 3.64. The van der Waals surface area contributed by atoms with Crippen molar-refractivity contribution < 1.29 is 14.7 Å². The van der Waals surface area contributed by atoms with Crippen LogP contribution in [0.3, 0.4) is 0 Å². The van der Waals surface area contributed by atoms with Crippen LogP contribution in [0.1, 0.15) is 17.0 Å². The Bertz CT molecular complexity index is 824. The second kappa shape index (κ2) is 7.36. The molecule has 3 N–H and O–H groups in total. The van der Waals surface area contributed by atoms with Gasteiger partial charge in [0, 0.05) is 23.0 Å². The van der Waals surface area contributed by atoms with E-state index in [1.165, 1.54) is 18.3 Å². The molecule has 1 aliphatic heterocycles. The van der Waals surface area contributed by atoms with Gasteiger partial charge >= 0.3 is 0 Å². The number of halogens is 1. The Labute approximate surface area is 149 Å². The number of phenolic OH excluding ortho intramolecular Hbond substituents is 1. The summed E-state index contributed by atoms with van der Waals surface area (Å²) in [5, 5.41) is 16.7. The molecule has 1 heterocycles. The monoisotopic (exact) mass is 357 g/mol. The highest BCUT2D eigenvalue weighted by Gasteiger charge is 2.40. The van der Waals surface area contributed by atoms with Crippen LogP contribution in [0.5, 0.6) is 5.75 Å². The van der Waals surface area contributed by atoms with Gasteiger partial charge in [-0.3, -0.25) is 9.59 Å². The van der Waals surface area contributed by atoms with Gasteiger partial charge in [0.25, 0.3) is 5.91 Å². The largest absolute Gasteiger partial charge is 0.507 e. The van der Waals surface area contributed by atoms with Gasteiger partial charge in [0.1, 0.15) is 11.7 Å². The van der Waals surface area contributed by atoms with Crippen molar-refractivity contribution in [3.63, 3.8) is 0 Å². The SMILES string of the molecule is O=C1NC[C@@H](c2ccccc2)[C@@H]1C(=O)N/N=C/c1cc(Cl)ccc1O. The number of carbonyl (C=O) groups excluding carboxylic acids is 2. The molecule has 7 heteroatoms. The van der Waals surface area contributed by atoms with Crippen LogP contribution in [0.25, 0.3) is 0 Å². The Morgan fingerprint density at radius 3 is 2.80 bits per heavy atom. The number of hydrogen-bond acceptors (Lipinski definition) is 4.